The van der Waals surface area contributed by atoms with E-state index in [1.54, 1.807) is 6.20 Å². The Kier molecular flexibility index (Phi) is 7.89. The fourth-order valence-corrected chi connectivity index (χ4v) is 7.43. The van der Waals surface area contributed by atoms with Gasteiger partial charge in [0.15, 0.2) is 0 Å². The fraction of sp³-hybridized carbons (Fsp3) is 0.457. The number of benzene rings is 2. The van der Waals surface area contributed by atoms with Gasteiger partial charge in [-0.05, 0) is 81.1 Å². The quantitative estimate of drug-likeness (QED) is 0.429. The molecule has 2 N–H and O–H groups in total. The van der Waals surface area contributed by atoms with Crippen LogP contribution in [-0.4, -0.2) is 79.7 Å². The zero-order valence-corrected chi connectivity index (χ0v) is 25.7. The lowest BCUT2D eigenvalue weighted by Crippen LogP contribution is -2.50. The predicted octanol–water partition coefficient (Wildman–Crippen LogP) is 3.94. The van der Waals surface area contributed by atoms with Gasteiger partial charge in [0.1, 0.15) is 11.6 Å². The third-order valence-electron chi connectivity index (χ3n) is 9.95. The number of amides is 2. The largest absolute Gasteiger partial charge is 0.493 e. The summed E-state index contributed by atoms with van der Waals surface area (Å²) in [5.41, 5.74) is 5.70. The second-order valence-corrected chi connectivity index (χ2v) is 12.8. The minimum atomic E-state index is -0.121. The molecule has 4 aliphatic rings. The summed E-state index contributed by atoms with van der Waals surface area (Å²) in [5.74, 6) is 1.65. The number of rotatable bonds is 7. The topological polar surface area (TPSA) is 90.0 Å². The van der Waals surface area contributed by atoms with Crippen molar-refractivity contribution in [1.29, 1.82) is 0 Å². The number of fused-ring (bicyclic) bond motifs is 3. The minimum absolute atomic E-state index is 0.0156. The smallest absolute Gasteiger partial charge is 0.253 e. The molecule has 0 radical (unpaired) electrons. The number of carbonyl (C=O) groups is 2. The van der Waals surface area contributed by atoms with Crippen LogP contribution in [0.4, 0.5) is 11.5 Å². The van der Waals surface area contributed by atoms with Crippen molar-refractivity contribution >= 4 is 23.3 Å². The summed E-state index contributed by atoms with van der Waals surface area (Å²) >= 11 is 0. The number of hydrogen-bond donors (Lipinski definition) is 2. The average molecular weight is 595 g/mol. The summed E-state index contributed by atoms with van der Waals surface area (Å²) in [6.45, 7) is 7.38. The highest BCUT2D eigenvalue weighted by Crippen LogP contribution is 2.39. The Bertz CT molecular complexity index is 1500. The fourth-order valence-electron chi connectivity index (χ4n) is 7.43. The van der Waals surface area contributed by atoms with Crippen LogP contribution in [0.1, 0.15) is 63.1 Å². The Balaban J connectivity index is 0.922. The normalized spacial score (nSPS) is 22.8. The molecule has 2 aromatic carbocycles. The van der Waals surface area contributed by atoms with Gasteiger partial charge in [0.2, 0.25) is 0 Å². The van der Waals surface area contributed by atoms with Crippen molar-refractivity contribution in [2.75, 3.05) is 49.6 Å². The summed E-state index contributed by atoms with van der Waals surface area (Å²) in [6, 6.07) is 17.1. The number of piperidine rings is 1. The van der Waals surface area contributed by atoms with Crippen molar-refractivity contribution in [3.05, 3.63) is 82.5 Å². The number of pyridine rings is 1. The maximum absolute atomic E-state index is 13.2. The first kappa shape index (κ1) is 28.6. The summed E-state index contributed by atoms with van der Waals surface area (Å²) in [5, 5.41) is 6.36. The number of piperazine rings is 1. The van der Waals surface area contributed by atoms with Gasteiger partial charge >= 0.3 is 0 Å². The summed E-state index contributed by atoms with van der Waals surface area (Å²) in [7, 11) is 2.16. The van der Waals surface area contributed by atoms with Crippen molar-refractivity contribution in [2.45, 2.75) is 63.7 Å². The number of carbonyl (C=O) groups excluding carboxylic acids is 2. The van der Waals surface area contributed by atoms with Crippen molar-refractivity contribution in [2.24, 2.45) is 0 Å². The van der Waals surface area contributed by atoms with Crippen LogP contribution < -0.4 is 25.2 Å². The molecule has 4 aliphatic heterocycles. The number of aromatic nitrogens is 1. The van der Waals surface area contributed by atoms with Crippen molar-refractivity contribution in [3.63, 3.8) is 0 Å². The van der Waals surface area contributed by atoms with Gasteiger partial charge in [-0.25, -0.2) is 4.98 Å². The summed E-state index contributed by atoms with van der Waals surface area (Å²) < 4.78 is 5.78. The van der Waals surface area contributed by atoms with Gasteiger partial charge in [0.05, 0.1) is 12.2 Å². The Hall–Kier alpha value is -4.11. The molecule has 44 heavy (non-hydrogen) atoms. The van der Waals surface area contributed by atoms with E-state index in [-0.39, 0.29) is 17.9 Å². The van der Waals surface area contributed by atoms with E-state index in [0.29, 0.717) is 36.4 Å². The van der Waals surface area contributed by atoms with Gasteiger partial charge in [0.25, 0.3) is 11.8 Å². The first-order valence-corrected chi connectivity index (χ1v) is 16.0. The third-order valence-corrected chi connectivity index (χ3v) is 9.95. The summed E-state index contributed by atoms with van der Waals surface area (Å²) in [6.07, 6.45) is 6.54. The molecular formula is C35H42N6O3. The SMILES string of the molecule is Cc1c(C(=O)NC2C[C@H]3CC[C@@H](C2)N3c2ccc(C(=O)NCc3ccc(N4CCN(C)CC4)cc3)cn2)ccc2c1OCC2. The number of anilines is 2. The zero-order valence-electron chi connectivity index (χ0n) is 25.7. The highest BCUT2D eigenvalue weighted by Gasteiger charge is 2.42. The highest BCUT2D eigenvalue weighted by molar-refractivity contribution is 5.97. The lowest BCUT2D eigenvalue weighted by molar-refractivity contribution is 0.0923. The van der Waals surface area contributed by atoms with Gasteiger partial charge in [-0.3, -0.25) is 9.59 Å². The first-order chi connectivity index (χ1) is 21.4. The maximum atomic E-state index is 13.2. The molecular weight excluding hydrogens is 552 g/mol. The van der Waals surface area contributed by atoms with E-state index in [1.165, 1.54) is 11.3 Å². The maximum Gasteiger partial charge on any atom is 0.253 e. The number of nitrogens with zero attached hydrogens (tertiary/aromatic N) is 4. The second kappa shape index (κ2) is 12.1. The molecule has 7 rings (SSSR count). The molecule has 3 atom stereocenters. The standard InChI is InChI=1S/C35H42N6O3/c1-23-31(11-5-25-13-18-44-33(23)25)35(43)38-27-19-29-9-10-30(20-27)41(29)32-12-6-26(22-36-32)34(42)37-21-24-3-7-28(8-4-24)40-16-14-39(2)15-17-40/h3-8,11-12,22,27,29-30H,9-10,13-21H2,1-2H3,(H,37,42)(H,38,43)/t27?,29-,30+. The Morgan fingerprint density at radius 3 is 2.39 bits per heavy atom. The highest BCUT2D eigenvalue weighted by atomic mass is 16.5. The molecule has 0 spiro atoms. The van der Waals surface area contributed by atoms with Gasteiger partial charge in [-0.2, -0.15) is 0 Å². The second-order valence-electron chi connectivity index (χ2n) is 12.8. The van der Waals surface area contributed by atoms with Crippen molar-refractivity contribution in [3.8, 4) is 5.75 Å². The minimum Gasteiger partial charge on any atom is -0.493 e. The Labute approximate surface area is 259 Å². The molecule has 1 unspecified atom stereocenters. The van der Waals surface area contributed by atoms with Gasteiger partial charge in [-0.1, -0.05) is 18.2 Å². The molecule has 9 heteroatoms. The van der Waals surface area contributed by atoms with Crippen LogP contribution in [0.2, 0.25) is 0 Å². The molecule has 2 bridgehead atoms. The lowest BCUT2D eigenvalue weighted by Gasteiger charge is -2.40. The molecule has 0 saturated carbocycles. The molecule has 0 aliphatic carbocycles. The van der Waals surface area contributed by atoms with E-state index in [2.05, 4.69) is 56.6 Å². The van der Waals surface area contributed by atoms with Crippen LogP contribution in [-0.2, 0) is 13.0 Å². The molecule has 5 heterocycles. The van der Waals surface area contributed by atoms with E-state index in [0.717, 1.165) is 81.0 Å². The monoisotopic (exact) mass is 594 g/mol. The first-order valence-electron chi connectivity index (χ1n) is 16.0. The van der Waals surface area contributed by atoms with E-state index in [4.69, 9.17) is 9.72 Å². The van der Waals surface area contributed by atoms with E-state index in [1.807, 2.05) is 31.2 Å². The predicted molar refractivity (Wildman–Crippen MR) is 172 cm³/mol. The molecule has 9 nitrogen and oxygen atoms in total. The summed E-state index contributed by atoms with van der Waals surface area (Å²) in [4.78, 5) is 38.0. The molecule has 3 aromatic rings. The van der Waals surface area contributed by atoms with E-state index in [9.17, 15) is 9.59 Å². The number of ether oxygens (including phenoxy) is 1. The van der Waals surface area contributed by atoms with Crippen molar-refractivity contribution in [1.82, 2.24) is 20.5 Å². The van der Waals surface area contributed by atoms with E-state index < -0.39 is 0 Å². The van der Waals surface area contributed by atoms with Gasteiger partial charge in [0, 0.05) is 80.3 Å². The number of hydrogen-bond acceptors (Lipinski definition) is 7. The zero-order chi connectivity index (χ0) is 30.2. The molecule has 3 saturated heterocycles. The van der Waals surface area contributed by atoms with Crippen LogP contribution in [0.3, 0.4) is 0 Å². The lowest BCUT2D eigenvalue weighted by atomic mass is 9.96. The molecule has 230 valence electrons. The van der Waals surface area contributed by atoms with Crippen molar-refractivity contribution < 1.29 is 14.3 Å². The average Bonchev–Trinajstić information content (AvgIpc) is 3.63. The van der Waals surface area contributed by atoms with Crippen LogP contribution in [0, 0.1) is 6.92 Å². The van der Waals surface area contributed by atoms with Crippen LogP contribution >= 0.6 is 0 Å². The van der Waals surface area contributed by atoms with Gasteiger partial charge < -0.3 is 30.1 Å². The Morgan fingerprint density at radius 1 is 0.932 bits per heavy atom. The molecule has 1 aromatic heterocycles. The van der Waals surface area contributed by atoms with Crippen LogP contribution in [0.15, 0.2) is 54.7 Å². The molecule has 2 amide bonds. The number of likely N-dealkylation sites (N-methyl/N-ethyl adjacent to an activating group) is 1. The Morgan fingerprint density at radius 2 is 1.68 bits per heavy atom. The van der Waals surface area contributed by atoms with E-state index >= 15 is 0 Å². The van der Waals surface area contributed by atoms with Gasteiger partial charge in [-0.15, -0.1) is 0 Å². The third kappa shape index (κ3) is 5.73. The number of nitrogens with one attached hydrogen (secondary N) is 2. The molecule has 3 fully saturated rings. The van der Waals surface area contributed by atoms with Crippen LogP contribution in [0.5, 0.6) is 5.75 Å². The van der Waals surface area contributed by atoms with Crippen LogP contribution in [0.25, 0.3) is 0 Å².